The van der Waals surface area contributed by atoms with E-state index in [9.17, 15) is 39.2 Å². The Morgan fingerprint density at radius 3 is 2.00 bits per heavy atom. The maximum absolute atomic E-state index is 14.2. The van der Waals surface area contributed by atoms with E-state index in [0.29, 0.717) is 0 Å². The highest BCUT2D eigenvalue weighted by molar-refractivity contribution is 7.89. The average molecular weight is 439 g/mol. The number of sulfonamides is 1. The van der Waals surface area contributed by atoms with Gasteiger partial charge in [0.25, 0.3) is 0 Å². The lowest BCUT2D eigenvalue weighted by molar-refractivity contribution is -0.141. The molecule has 5 nitrogen and oxygen atoms in total. The first-order valence-electron chi connectivity index (χ1n) is 7.45. The monoisotopic (exact) mass is 439 g/mol. The van der Waals surface area contributed by atoms with Crippen molar-refractivity contribution in [3.63, 3.8) is 0 Å². The van der Waals surface area contributed by atoms with Crippen molar-refractivity contribution in [2.75, 3.05) is 0 Å². The van der Waals surface area contributed by atoms with Gasteiger partial charge in [0.2, 0.25) is 10.0 Å². The number of halogens is 7. The van der Waals surface area contributed by atoms with E-state index in [1.54, 1.807) is 0 Å². The molecule has 0 fully saturated rings. The fourth-order valence-electron chi connectivity index (χ4n) is 2.55. The maximum atomic E-state index is 14.2. The van der Waals surface area contributed by atoms with E-state index in [2.05, 4.69) is 5.10 Å². The summed E-state index contributed by atoms with van der Waals surface area (Å²) < 4.78 is 119. The van der Waals surface area contributed by atoms with Crippen LogP contribution < -0.4 is 5.14 Å². The van der Waals surface area contributed by atoms with Crippen LogP contribution in [0.2, 0.25) is 0 Å². The van der Waals surface area contributed by atoms with Crippen LogP contribution in [0.5, 0.6) is 0 Å². The third-order valence-corrected chi connectivity index (χ3v) is 4.73. The van der Waals surface area contributed by atoms with E-state index in [4.69, 9.17) is 5.14 Å². The molecule has 0 aliphatic rings. The van der Waals surface area contributed by atoms with Gasteiger partial charge in [0, 0.05) is 6.07 Å². The number of primary sulfonamides is 1. The van der Waals surface area contributed by atoms with Crippen LogP contribution in [0.1, 0.15) is 5.69 Å². The van der Waals surface area contributed by atoms with Gasteiger partial charge >= 0.3 is 6.18 Å². The normalized spacial score (nSPS) is 12.4. The number of alkyl halides is 3. The molecular formula is C16H8F7N3O2S. The average Bonchev–Trinajstić information content (AvgIpc) is 3.05. The molecule has 154 valence electrons. The van der Waals surface area contributed by atoms with Crippen molar-refractivity contribution >= 4 is 10.0 Å². The molecular weight excluding hydrogens is 431 g/mol. The first kappa shape index (κ1) is 20.8. The van der Waals surface area contributed by atoms with Crippen molar-refractivity contribution in [3.05, 3.63) is 65.4 Å². The second kappa shape index (κ2) is 6.84. The molecule has 29 heavy (non-hydrogen) atoms. The van der Waals surface area contributed by atoms with Crippen LogP contribution in [-0.4, -0.2) is 18.2 Å². The fraction of sp³-hybridized carbons (Fsp3) is 0.0625. The molecule has 0 atom stereocenters. The third-order valence-electron chi connectivity index (χ3n) is 3.77. The Bertz CT molecular complexity index is 1190. The SMILES string of the molecule is NS(=O)(=O)c1ccccc1-n1nc(C(F)(F)F)cc1-c1c(F)c(F)cc(F)c1F. The Balaban J connectivity index is 2.46. The lowest BCUT2D eigenvalue weighted by atomic mass is 10.1. The zero-order chi connectivity index (χ0) is 21.7. The summed E-state index contributed by atoms with van der Waals surface area (Å²) in [6.07, 6.45) is -5.13. The second-order valence-corrected chi connectivity index (χ2v) is 7.21. The smallest absolute Gasteiger partial charge is 0.231 e. The van der Waals surface area contributed by atoms with Gasteiger partial charge in [-0.1, -0.05) is 12.1 Å². The molecule has 2 aromatic carbocycles. The third kappa shape index (κ3) is 3.70. The van der Waals surface area contributed by atoms with Gasteiger partial charge in [-0.15, -0.1) is 0 Å². The number of nitrogens with two attached hydrogens (primary N) is 1. The van der Waals surface area contributed by atoms with E-state index in [0.717, 1.165) is 12.1 Å². The van der Waals surface area contributed by atoms with Crippen LogP contribution in [0.25, 0.3) is 16.9 Å². The van der Waals surface area contributed by atoms with Gasteiger partial charge in [-0.3, -0.25) is 0 Å². The quantitative estimate of drug-likeness (QED) is 0.499. The number of hydrogen-bond donors (Lipinski definition) is 1. The molecule has 3 aromatic rings. The topological polar surface area (TPSA) is 78.0 Å². The first-order chi connectivity index (χ1) is 13.3. The summed E-state index contributed by atoms with van der Waals surface area (Å²) in [4.78, 5) is -0.740. The zero-order valence-corrected chi connectivity index (χ0v) is 14.6. The molecule has 1 aromatic heterocycles. The number of benzene rings is 2. The van der Waals surface area contributed by atoms with E-state index in [1.807, 2.05) is 0 Å². The van der Waals surface area contributed by atoms with Gasteiger partial charge in [-0.2, -0.15) is 18.3 Å². The molecule has 0 amide bonds. The molecule has 2 N–H and O–H groups in total. The number of para-hydroxylation sites is 1. The Hall–Kier alpha value is -2.93. The fourth-order valence-corrected chi connectivity index (χ4v) is 3.27. The predicted octanol–water partition coefficient (Wildman–Crippen LogP) is 3.76. The molecule has 0 saturated heterocycles. The summed E-state index contributed by atoms with van der Waals surface area (Å²) in [5.41, 5.74) is -4.90. The second-order valence-electron chi connectivity index (χ2n) is 5.68. The largest absolute Gasteiger partial charge is 0.435 e. The lowest BCUT2D eigenvalue weighted by Gasteiger charge is -2.13. The summed E-state index contributed by atoms with van der Waals surface area (Å²) in [6, 6.07) is 4.21. The minimum atomic E-state index is -5.13. The van der Waals surface area contributed by atoms with Crippen molar-refractivity contribution in [1.29, 1.82) is 0 Å². The van der Waals surface area contributed by atoms with Crippen LogP contribution in [-0.2, 0) is 16.2 Å². The number of rotatable bonds is 3. The van der Waals surface area contributed by atoms with E-state index >= 15 is 0 Å². The summed E-state index contributed by atoms with van der Waals surface area (Å²) in [7, 11) is -4.52. The van der Waals surface area contributed by atoms with Crippen LogP contribution in [0.15, 0.2) is 41.3 Å². The van der Waals surface area contributed by atoms with E-state index in [-0.39, 0.29) is 16.8 Å². The van der Waals surface area contributed by atoms with Crippen molar-refractivity contribution < 1.29 is 39.2 Å². The molecule has 0 aliphatic carbocycles. The molecule has 13 heteroatoms. The summed E-state index contributed by atoms with van der Waals surface area (Å²) in [6.45, 7) is 0. The Morgan fingerprint density at radius 2 is 1.48 bits per heavy atom. The number of hydrogen-bond acceptors (Lipinski definition) is 3. The van der Waals surface area contributed by atoms with Gasteiger partial charge in [0.05, 0.1) is 16.9 Å². The molecule has 0 radical (unpaired) electrons. The van der Waals surface area contributed by atoms with Crippen LogP contribution in [0, 0.1) is 23.3 Å². The van der Waals surface area contributed by atoms with E-state index < -0.39 is 67.0 Å². The molecule has 0 unspecified atom stereocenters. The van der Waals surface area contributed by atoms with Crippen LogP contribution in [0.3, 0.4) is 0 Å². The maximum Gasteiger partial charge on any atom is 0.435 e. The highest BCUT2D eigenvalue weighted by Gasteiger charge is 2.37. The molecule has 0 aliphatic heterocycles. The minimum Gasteiger partial charge on any atom is -0.231 e. The van der Waals surface area contributed by atoms with Gasteiger partial charge in [-0.05, 0) is 18.2 Å². The zero-order valence-electron chi connectivity index (χ0n) is 13.8. The van der Waals surface area contributed by atoms with Gasteiger partial charge in [0.1, 0.15) is 4.90 Å². The van der Waals surface area contributed by atoms with Gasteiger partial charge < -0.3 is 0 Å². The highest BCUT2D eigenvalue weighted by atomic mass is 32.2. The molecule has 0 saturated carbocycles. The van der Waals surface area contributed by atoms with Crippen molar-refractivity contribution in [1.82, 2.24) is 9.78 Å². The van der Waals surface area contributed by atoms with E-state index in [1.165, 1.54) is 12.1 Å². The van der Waals surface area contributed by atoms with Crippen molar-refractivity contribution in [2.45, 2.75) is 11.1 Å². The number of aromatic nitrogens is 2. The minimum absolute atomic E-state index is 0.125. The molecule has 1 heterocycles. The lowest BCUT2D eigenvalue weighted by Crippen LogP contribution is -2.16. The standard InChI is InChI=1S/C16H8F7N3O2S/c17-7-5-8(18)15(20)13(14(7)19)10-6-12(16(21,22)23)25-26(10)9-3-1-2-4-11(9)29(24,27)28/h1-6H,(H2,24,27,28). The number of nitrogens with zero attached hydrogens (tertiary/aromatic N) is 2. The summed E-state index contributed by atoms with van der Waals surface area (Å²) >= 11 is 0. The van der Waals surface area contributed by atoms with Crippen LogP contribution in [0.4, 0.5) is 30.7 Å². The molecule has 0 bridgehead atoms. The summed E-state index contributed by atoms with van der Waals surface area (Å²) in [5, 5.41) is 8.16. The van der Waals surface area contributed by atoms with Gasteiger partial charge in [0.15, 0.2) is 29.0 Å². The Labute approximate surface area is 158 Å². The van der Waals surface area contributed by atoms with Crippen molar-refractivity contribution in [3.8, 4) is 16.9 Å². The van der Waals surface area contributed by atoms with Gasteiger partial charge in [-0.25, -0.2) is 35.8 Å². The molecule has 3 rings (SSSR count). The summed E-state index contributed by atoms with van der Waals surface area (Å²) in [5.74, 6) is -7.74. The first-order valence-corrected chi connectivity index (χ1v) is 9.00. The predicted molar refractivity (Wildman–Crippen MR) is 85.2 cm³/mol. The Morgan fingerprint density at radius 1 is 0.931 bits per heavy atom. The van der Waals surface area contributed by atoms with Crippen LogP contribution >= 0.6 is 0 Å². The Kier molecular flexibility index (Phi) is 4.91. The van der Waals surface area contributed by atoms with Crippen molar-refractivity contribution in [2.24, 2.45) is 5.14 Å². The highest BCUT2D eigenvalue weighted by Crippen LogP contribution is 2.37. The molecule has 0 spiro atoms.